The van der Waals surface area contributed by atoms with Crippen LogP contribution in [0, 0.1) is 17.8 Å². The van der Waals surface area contributed by atoms with Crippen molar-refractivity contribution in [3.63, 3.8) is 0 Å². The van der Waals surface area contributed by atoms with Crippen LogP contribution in [0.3, 0.4) is 0 Å². The van der Waals surface area contributed by atoms with E-state index in [0.29, 0.717) is 23.9 Å². The number of hydrogen-bond acceptors (Lipinski definition) is 2. The van der Waals surface area contributed by atoms with E-state index < -0.39 is 0 Å². The standard InChI is InChI=1S/C13H23NO/c1-9-5-10(2)7-12(6-9)13-11(8-14)3-4-15-13/h5,9,11-13H,3-4,6-8,14H2,1-2H3. The molecule has 0 saturated carbocycles. The van der Waals surface area contributed by atoms with E-state index in [-0.39, 0.29) is 0 Å². The molecule has 2 rings (SSSR count). The van der Waals surface area contributed by atoms with Gasteiger partial charge in [-0.15, -0.1) is 0 Å². The van der Waals surface area contributed by atoms with Crippen molar-refractivity contribution in [1.82, 2.24) is 0 Å². The van der Waals surface area contributed by atoms with Gasteiger partial charge < -0.3 is 10.5 Å². The number of rotatable bonds is 2. The maximum atomic E-state index is 5.89. The molecule has 1 heterocycles. The molecule has 2 aliphatic rings. The summed E-state index contributed by atoms with van der Waals surface area (Å²) in [5.41, 5.74) is 7.34. The zero-order valence-corrected chi connectivity index (χ0v) is 9.91. The molecule has 1 fully saturated rings. The molecule has 0 bridgehead atoms. The molecule has 2 N–H and O–H groups in total. The lowest BCUT2D eigenvalue weighted by molar-refractivity contribution is 0.0338. The van der Waals surface area contributed by atoms with Gasteiger partial charge in [-0.25, -0.2) is 0 Å². The van der Waals surface area contributed by atoms with Gasteiger partial charge in [0, 0.05) is 6.61 Å². The van der Waals surface area contributed by atoms with Crippen molar-refractivity contribution in [2.45, 2.75) is 39.2 Å². The smallest absolute Gasteiger partial charge is 0.0647 e. The molecular weight excluding hydrogens is 186 g/mol. The van der Waals surface area contributed by atoms with E-state index in [1.165, 1.54) is 18.4 Å². The lowest BCUT2D eigenvalue weighted by atomic mass is 9.77. The summed E-state index contributed by atoms with van der Waals surface area (Å²) in [6.07, 6.45) is 6.49. The Bertz CT molecular complexity index is 249. The van der Waals surface area contributed by atoms with Crippen LogP contribution < -0.4 is 5.73 Å². The first kappa shape index (κ1) is 11.2. The van der Waals surface area contributed by atoms with Gasteiger partial charge in [0.1, 0.15) is 0 Å². The van der Waals surface area contributed by atoms with Crippen LogP contribution >= 0.6 is 0 Å². The molecule has 2 nitrogen and oxygen atoms in total. The Morgan fingerprint density at radius 2 is 2.33 bits per heavy atom. The Hall–Kier alpha value is -0.340. The van der Waals surface area contributed by atoms with Crippen LogP contribution in [-0.2, 0) is 4.74 Å². The normalized spacial score (nSPS) is 41.7. The number of ether oxygens (including phenoxy) is 1. The van der Waals surface area contributed by atoms with Gasteiger partial charge in [-0.3, -0.25) is 0 Å². The average molecular weight is 209 g/mol. The Labute approximate surface area is 92.9 Å². The van der Waals surface area contributed by atoms with Gasteiger partial charge in [-0.2, -0.15) is 0 Å². The van der Waals surface area contributed by atoms with Gasteiger partial charge in [0.15, 0.2) is 0 Å². The fourth-order valence-corrected chi connectivity index (χ4v) is 3.28. The third-order valence-corrected chi connectivity index (χ3v) is 3.86. The number of allylic oxidation sites excluding steroid dienone is 2. The van der Waals surface area contributed by atoms with Crippen LogP contribution in [0.15, 0.2) is 11.6 Å². The summed E-state index contributed by atoms with van der Waals surface area (Å²) in [4.78, 5) is 0. The van der Waals surface area contributed by atoms with Gasteiger partial charge in [0.25, 0.3) is 0 Å². The monoisotopic (exact) mass is 209 g/mol. The summed E-state index contributed by atoms with van der Waals surface area (Å²) in [6.45, 7) is 6.26. The van der Waals surface area contributed by atoms with Gasteiger partial charge in [0.05, 0.1) is 6.10 Å². The van der Waals surface area contributed by atoms with Crippen molar-refractivity contribution in [1.29, 1.82) is 0 Å². The topological polar surface area (TPSA) is 35.2 Å². The molecule has 0 aromatic rings. The molecule has 86 valence electrons. The van der Waals surface area contributed by atoms with Crippen LogP contribution in [0.4, 0.5) is 0 Å². The Morgan fingerprint density at radius 3 is 3.00 bits per heavy atom. The van der Waals surface area contributed by atoms with Crippen LogP contribution in [0.2, 0.25) is 0 Å². The molecule has 1 aliphatic carbocycles. The van der Waals surface area contributed by atoms with Crippen LogP contribution in [0.5, 0.6) is 0 Å². The lowest BCUT2D eigenvalue weighted by Gasteiger charge is -2.32. The Morgan fingerprint density at radius 1 is 1.53 bits per heavy atom. The zero-order valence-electron chi connectivity index (χ0n) is 9.91. The zero-order chi connectivity index (χ0) is 10.8. The fraction of sp³-hybridized carbons (Fsp3) is 0.846. The van der Waals surface area contributed by atoms with Gasteiger partial charge in [0.2, 0.25) is 0 Å². The molecule has 1 saturated heterocycles. The third-order valence-electron chi connectivity index (χ3n) is 3.86. The molecule has 4 atom stereocenters. The minimum atomic E-state index is 0.432. The predicted octanol–water partition coefficient (Wildman–Crippen LogP) is 2.34. The maximum Gasteiger partial charge on any atom is 0.0647 e. The maximum absolute atomic E-state index is 5.89. The lowest BCUT2D eigenvalue weighted by Crippen LogP contribution is -2.33. The van der Waals surface area contributed by atoms with Crippen molar-refractivity contribution < 1.29 is 4.74 Å². The SMILES string of the molecule is CC1=CC(C)CC(C2OCCC2CN)C1. The predicted molar refractivity (Wildman–Crippen MR) is 62.5 cm³/mol. The third kappa shape index (κ3) is 2.43. The quantitative estimate of drug-likeness (QED) is 0.708. The molecule has 0 aromatic heterocycles. The van der Waals surface area contributed by atoms with E-state index in [1.54, 1.807) is 0 Å². The molecule has 1 aliphatic heterocycles. The highest BCUT2D eigenvalue weighted by Gasteiger charge is 2.35. The average Bonchev–Trinajstić information content (AvgIpc) is 2.63. The van der Waals surface area contributed by atoms with Crippen LogP contribution in [0.25, 0.3) is 0 Å². The molecular formula is C13H23NO. The summed E-state index contributed by atoms with van der Waals surface area (Å²) in [6, 6.07) is 0. The van der Waals surface area contributed by atoms with Crippen molar-refractivity contribution in [2.24, 2.45) is 23.5 Å². The summed E-state index contributed by atoms with van der Waals surface area (Å²) in [5, 5.41) is 0. The van der Waals surface area contributed by atoms with E-state index in [9.17, 15) is 0 Å². The first-order chi connectivity index (χ1) is 7.20. The first-order valence-electron chi connectivity index (χ1n) is 6.19. The van der Waals surface area contributed by atoms with E-state index in [2.05, 4.69) is 19.9 Å². The van der Waals surface area contributed by atoms with Crippen LogP contribution in [-0.4, -0.2) is 19.3 Å². The van der Waals surface area contributed by atoms with Crippen molar-refractivity contribution in [2.75, 3.05) is 13.2 Å². The Kier molecular flexibility index (Phi) is 3.47. The Balaban J connectivity index is 2.02. The van der Waals surface area contributed by atoms with Crippen molar-refractivity contribution >= 4 is 0 Å². The van der Waals surface area contributed by atoms with E-state index >= 15 is 0 Å². The minimum absolute atomic E-state index is 0.432. The second-order valence-electron chi connectivity index (χ2n) is 5.31. The number of hydrogen-bond donors (Lipinski definition) is 1. The molecule has 0 aromatic carbocycles. The molecule has 0 radical (unpaired) electrons. The molecule has 15 heavy (non-hydrogen) atoms. The van der Waals surface area contributed by atoms with Gasteiger partial charge >= 0.3 is 0 Å². The highest BCUT2D eigenvalue weighted by atomic mass is 16.5. The number of nitrogens with two attached hydrogens (primary N) is 1. The van der Waals surface area contributed by atoms with Crippen LogP contribution in [0.1, 0.15) is 33.1 Å². The van der Waals surface area contributed by atoms with Crippen molar-refractivity contribution in [3.05, 3.63) is 11.6 Å². The van der Waals surface area contributed by atoms with Crippen molar-refractivity contribution in [3.8, 4) is 0 Å². The van der Waals surface area contributed by atoms with Gasteiger partial charge in [-0.1, -0.05) is 18.6 Å². The second kappa shape index (κ2) is 4.67. The van der Waals surface area contributed by atoms with Gasteiger partial charge in [-0.05, 0) is 50.5 Å². The fourth-order valence-electron chi connectivity index (χ4n) is 3.28. The molecule has 2 heteroatoms. The summed E-state index contributed by atoms with van der Waals surface area (Å²) in [5.74, 6) is 2.03. The largest absolute Gasteiger partial charge is 0.378 e. The second-order valence-corrected chi connectivity index (χ2v) is 5.31. The molecule has 0 amide bonds. The molecule has 0 spiro atoms. The minimum Gasteiger partial charge on any atom is -0.378 e. The van der Waals surface area contributed by atoms with E-state index in [1.807, 2.05) is 0 Å². The first-order valence-corrected chi connectivity index (χ1v) is 6.19. The highest BCUT2D eigenvalue weighted by Crippen LogP contribution is 2.37. The summed E-state index contributed by atoms with van der Waals surface area (Å²) in [7, 11) is 0. The highest BCUT2D eigenvalue weighted by molar-refractivity contribution is 5.08. The van der Waals surface area contributed by atoms with E-state index in [0.717, 1.165) is 19.6 Å². The molecule has 4 unspecified atom stereocenters. The summed E-state index contributed by atoms with van der Waals surface area (Å²) >= 11 is 0. The summed E-state index contributed by atoms with van der Waals surface area (Å²) < 4.78 is 5.89. The van der Waals surface area contributed by atoms with E-state index in [4.69, 9.17) is 10.5 Å².